The highest BCUT2D eigenvalue weighted by atomic mass is 16.5. The summed E-state index contributed by atoms with van der Waals surface area (Å²) in [5, 5.41) is 9.74. The van der Waals surface area contributed by atoms with Gasteiger partial charge in [-0.05, 0) is 29.7 Å². The van der Waals surface area contributed by atoms with Gasteiger partial charge in [0, 0.05) is 12.5 Å². The summed E-state index contributed by atoms with van der Waals surface area (Å²) in [7, 11) is 1.65. The van der Waals surface area contributed by atoms with Gasteiger partial charge in [-0.25, -0.2) is 0 Å². The maximum atomic E-state index is 9.74. The molecular formula is C22H26O4. The van der Waals surface area contributed by atoms with E-state index in [0.717, 1.165) is 23.3 Å². The number of allylic oxidation sites excluding steroid dienone is 1. The second kappa shape index (κ2) is 9.53. The molecule has 138 valence electrons. The van der Waals surface area contributed by atoms with Crippen LogP contribution >= 0.6 is 0 Å². The molecule has 3 rings (SSSR count). The molecule has 0 aliphatic heterocycles. The minimum Gasteiger partial charge on any atom is -0.497 e. The molecule has 4 heteroatoms. The summed E-state index contributed by atoms with van der Waals surface area (Å²) in [6.07, 6.45) is 4.58. The molecule has 0 saturated heterocycles. The number of benzene rings is 2. The minimum atomic E-state index is -0.174. The lowest BCUT2D eigenvalue weighted by molar-refractivity contribution is -0.102. The van der Waals surface area contributed by atoms with Crippen LogP contribution in [0.25, 0.3) is 0 Å². The fourth-order valence-corrected chi connectivity index (χ4v) is 3.14. The van der Waals surface area contributed by atoms with Crippen molar-refractivity contribution in [1.29, 1.82) is 0 Å². The van der Waals surface area contributed by atoms with E-state index in [0.29, 0.717) is 13.2 Å². The predicted molar refractivity (Wildman–Crippen MR) is 101 cm³/mol. The number of aliphatic hydroxyl groups is 1. The first kappa shape index (κ1) is 18.6. The second-order valence-corrected chi connectivity index (χ2v) is 6.49. The van der Waals surface area contributed by atoms with E-state index in [-0.39, 0.29) is 24.7 Å². The summed E-state index contributed by atoms with van der Waals surface area (Å²) < 4.78 is 17.4. The van der Waals surface area contributed by atoms with Crippen molar-refractivity contribution in [1.82, 2.24) is 0 Å². The van der Waals surface area contributed by atoms with Gasteiger partial charge < -0.3 is 19.3 Å². The molecule has 26 heavy (non-hydrogen) atoms. The van der Waals surface area contributed by atoms with Crippen LogP contribution in [0.15, 0.2) is 66.7 Å². The zero-order valence-corrected chi connectivity index (χ0v) is 15.1. The molecule has 4 nitrogen and oxygen atoms in total. The van der Waals surface area contributed by atoms with Gasteiger partial charge in [-0.2, -0.15) is 0 Å². The zero-order chi connectivity index (χ0) is 18.2. The molecule has 2 aromatic carbocycles. The van der Waals surface area contributed by atoms with Gasteiger partial charge in [-0.15, -0.1) is 0 Å². The van der Waals surface area contributed by atoms with E-state index < -0.39 is 0 Å². The van der Waals surface area contributed by atoms with Crippen LogP contribution in [0.2, 0.25) is 0 Å². The number of hydrogen-bond acceptors (Lipinski definition) is 4. The molecule has 0 aromatic heterocycles. The number of methoxy groups -OCH3 is 1. The van der Waals surface area contributed by atoms with Crippen LogP contribution in [0.3, 0.4) is 0 Å². The van der Waals surface area contributed by atoms with E-state index in [4.69, 9.17) is 14.2 Å². The molecule has 0 unspecified atom stereocenters. The Bertz CT molecular complexity index is 681. The van der Waals surface area contributed by atoms with Gasteiger partial charge in [0.25, 0.3) is 0 Å². The zero-order valence-electron chi connectivity index (χ0n) is 15.1. The Labute approximate surface area is 155 Å². The van der Waals surface area contributed by atoms with E-state index in [1.807, 2.05) is 60.7 Å². The van der Waals surface area contributed by atoms with Crippen molar-refractivity contribution >= 4 is 0 Å². The van der Waals surface area contributed by atoms with E-state index >= 15 is 0 Å². The van der Waals surface area contributed by atoms with Crippen molar-refractivity contribution < 1.29 is 19.3 Å². The molecule has 0 radical (unpaired) electrons. The van der Waals surface area contributed by atoms with Crippen LogP contribution in [-0.2, 0) is 22.7 Å². The van der Waals surface area contributed by atoms with Crippen LogP contribution < -0.4 is 4.74 Å². The first-order valence-electron chi connectivity index (χ1n) is 8.97. The largest absolute Gasteiger partial charge is 0.497 e. The third kappa shape index (κ3) is 4.94. The Hall–Kier alpha value is -2.14. The molecule has 0 saturated carbocycles. The molecule has 0 spiro atoms. The molecule has 1 aliphatic rings. The fourth-order valence-electron chi connectivity index (χ4n) is 3.14. The summed E-state index contributed by atoms with van der Waals surface area (Å²) in [6, 6.07) is 17.9. The van der Waals surface area contributed by atoms with Gasteiger partial charge >= 0.3 is 0 Å². The van der Waals surface area contributed by atoms with Crippen molar-refractivity contribution in [2.24, 2.45) is 5.92 Å². The van der Waals surface area contributed by atoms with E-state index in [2.05, 4.69) is 6.08 Å². The predicted octanol–water partition coefficient (Wildman–Crippen LogP) is 3.73. The summed E-state index contributed by atoms with van der Waals surface area (Å²) in [5.41, 5.74) is 2.19. The van der Waals surface area contributed by atoms with E-state index in [1.54, 1.807) is 7.11 Å². The normalized spacial score (nSPS) is 22.3. The van der Waals surface area contributed by atoms with Gasteiger partial charge in [0.1, 0.15) is 11.9 Å². The average Bonchev–Trinajstić information content (AvgIpc) is 2.72. The number of hydrogen-bond donors (Lipinski definition) is 1. The molecule has 1 aliphatic carbocycles. The van der Waals surface area contributed by atoms with Crippen molar-refractivity contribution in [3.05, 3.63) is 77.9 Å². The first-order chi connectivity index (χ1) is 12.8. The topological polar surface area (TPSA) is 47.9 Å². The van der Waals surface area contributed by atoms with Gasteiger partial charge in [0.2, 0.25) is 0 Å². The maximum absolute atomic E-state index is 9.74. The van der Waals surface area contributed by atoms with Gasteiger partial charge in [-0.1, -0.05) is 54.6 Å². The fraction of sp³-hybridized carbons (Fsp3) is 0.364. The van der Waals surface area contributed by atoms with E-state index in [1.165, 1.54) is 0 Å². The van der Waals surface area contributed by atoms with Crippen LogP contribution in [-0.4, -0.2) is 31.0 Å². The van der Waals surface area contributed by atoms with Crippen molar-refractivity contribution in [3.63, 3.8) is 0 Å². The van der Waals surface area contributed by atoms with Crippen LogP contribution in [0.1, 0.15) is 17.5 Å². The minimum absolute atomic E-state index is 0.0459. The summed E-state index contributed by atoms with van der Waals surface area (Å²) in [6.45, 7) is 1.09. The van der Waals surface area contributed by atoms with Crippen molar-refractivity contribution in [3.8, 4) is 5.75 Å². The number of aliphatic hydroxyl groups excluding tert-OH is 1. The molecule has 0 heterocycles. The standard InChI is InChI=1S/C22H26O4/c1-24-20-12-10-18(11-13-20)15-25-21-9-5-8-19(14-23)22(21)26-16-17-6-3-2-4-7-17/h2-7,9-13,19,21-23H,8,14-16H2,1H3/t19-,21-,22-/m1/s1. The lowest BCUT2D eigenvalue weighted by atomic mass is 9.89. The highest BCUT2D eigenvalue weighted by molar-refractivity contribution is 5.26. The Balaban J connectivity index is 1.62. The number of ether oxygens (including phenoxy) is 3. The Morgan fingerprint density at radius 3 is 2.31 bits per heavy atom. The monoisotopic (exact) mass is 354 g/mol. The van der Waals surface area contributed by atoms with Gasteiger partial charge in [-0.3, -0.25) is 0 Å². The quantitative estimate of drug-likeness (QED) is 0.734. The average molecular weight is 354 g/mol. The molecule has 0 bridgehead atoms. The van der Waals surface area contributed by atoms with Gasteiger partial charge in [0.05, 0.1) is 26.4 Å². The molecule has 0 amide bonds. The maximum Gasteiger partial charge on any atom is 0.118 e. The highest BCUT2D eigenvalue weighted by Gasteiger charge is 2.31. The first-order valence-corrected chi connectivity index (χ1v) is 8.97. The summed E-state index contributed by atoms with van der Waals surface area (Å²) in [4.78, 5) is 0. The molecule has 0 fully saturated rings. The second-order valence-electron chi connectivity index (χ2n) is 6.49. The van der Waals surface area contributed by atoms with Gasteiger partial charge in [0.15, 0.2) is 0 Å². The van der Waals surface area contributed by atoms with Crippen molar-refractivity contribution in [2.75, 3.05) is 13.7 Å². The number of rotatable bonds is 8. The highest BCUT2D eigenvalue weighted by Crippen LogP contribution is 2.26. The third-order valence-electron chi connectivity index (χ3n) is 4.67. The Morgan fingerprint density at radius 1 is 0.923 bits per heavy atom. The molecular weight excluding hydrogens is 328 g/mol. The lowest BCUT2D eigenvalue weighted by Gasteiger charge is -2.34. The lowest BCUT2D eigenvalue weighted by Crippen LogP contribution is -2.40. The van der Waals surface area contributed by atoms with E-state index in [9.17, 15) is 5.11 Å². The van der Waals surface area contributed by atoms with Crippen molar-refractivity contribution in [2.45, 2.75) is 31.8 Å². The summed E-state index contributed by atoms with van der Waals surface area (Å²) >= 11 is 0. The Kier molecular flexibility index (Phi) is 6.83. The smallest absolute Gasteiger partial charge is 0.118 e. The molecule has 1 N–H and O–H groups in total. The van der Waals surface area contributed by atoms with Crippen LogP contribution in [0, 0.1) is 5.92 Å². The SMILES string of the molecule is COc1ccc(CO[C@@H]2C=CC[C@H](CO)[C@H]2OCc2ccccc2)cc1. The van der Waals surface area contributed by atoms with Crippen LogP contribution in [0.4, 0.5) is 0 Å². The molecule has 3 atom stereocenters. The molecule has 2 aromatic rings. The summed E-state index contributed by atoms with van der Waals surface area (Å²) in [5.74, 6) is 0.875. The Morgan fingerprint density at radius 2 is 1.62 bits per heavy atom. The van der Waals surface area contributed by atoms with Crippen LogP contribution in [0.5, 0.6) is 5.75 Å². The third-order valence-corrected chi connectivity index (χ3v) is 4.67.